The number of allylic oxidation sites excluding steroid dienone is 7. The summed E-state index contributed by atoms with van der Waals surface area (Å²) in [5, 5.41) is 0. The Kier molecular flexibility index (Phi) is 124. The van der Waals surface area contributed by atoms with Crippen LogP contribution < -0.4 is 0 Å². The van der Waals surface area contributed by atoms with Crippen LogP contribution in [0.2, 0.25) is 0 Å². The molecule has 0 spiro atoms. The van der Waals surface area contributed by atoms with Crippen LogP contribution in [0.4, 0.5) is 0 Å². The molecule has 228 valence electrons. The zero-order valence-electron chi connectivity index (χ0n) is 29.1. The highest BCUT2D eigenvalue weighted by atomic mass is 14.1. The van der Waals surface area contributed by atoms with Gasteiger partial charge >= 0.3 is 0 Å². The second-order valence-corrected chi connectivity index (χ2v) is 7.16. The highest BCUT2D eigenvalue weighted by molar-refractivity contribution is 5.21. The Hall–Kier alpha value is -1.48. The van der Waals surface area contributed by atoms with Gasteiger partial charge < -0.3 is 0 Å². The Labute approximate surface area is 242 Å². The normalized spacial score (nSPS) is 10.4. The molecule has 0 amide bonds. The lowest BCUT2D eigenvalue weighted by molar-refractivity contribution is 0.424. The fourth-order valence-electron chi connectivity index (χ4n) is 2.09. The lowest BCUT2D eigenvalue weighted by atomic mass is 9.92. The van der Waals surface area contributed by atoms with Crippen LogP contribution in [0.25, 0.3) is 0 Å². The van der Waals surface area contributed by atoms with E-state index in [1.165, 1.54) is 31.3 Å². The molecule has 0 aliphatic carbocycles. The average Bonchev–Trinajstić information content (AvgIpc) is 2.94. The monoisotopic (exact) mass is 525 g/mol. The smallest absolute Gasteiger partial charge is 0.00534 e. The molecule has 0 saturated heterocycles. The van der Waals surface area contributed by atoms with E-state index >= 15 is 0 Å². The lowest BCUT2D eigenvalue weighted by Gasteiger charge is -2.13. The second kappa shape index (κ2) is 76.5. The highest BCUT2D eigenvalue weighted by Crippen LogP contribution is 2.16. The molecule has 0 heteroatoms. The molecule has 0 heterocycles. The van der Waals surface area contributed by atoms with Gasteiger partial charge in [0.15, 0.2) is 0 Å². The molecular formula is C37H80. The van der Waals surface area contributed by atoms with Crippen LogP contribution in [0.1, 0.15) is 171 Å². The maximum absolute atomic E-state index is 5.04. The van der Waals surface area contributed by atoms with E-state index in [9.17, 15) is 0 Å². The van der Waals surface area contributed by atoms with Crippen LogP contribution in [0.3, 0.4) is 0 Å². The van der Waals surface area contributed by atoms with Crippen molar-refractivity contribution in [2.75, 3.05) is 0 Å². The minimum Gasteiger partial charge on any atom is -0.115 e. The number of hydrogen-bond acceptors (Lipinski definition) is 0. The summed E-state index contributed by atoms with van der Waals surface area (Å²) >= 11 is 0. The molecule has 0 fully saturated rings. The van der Waals surface area contributed by atoms with Gasteiger partial charge in [-0.15, -0.1) is 13.0 Å². The van der Waals surface area contributed by atoms with E-state index in [1.54, 1.807) is 0 Å². The molecule has 2 atom stereocenters. The third kappa shape index (κ3) is 95.8. The van der Waals surface area contributed by atoms with E-state index < -0.39 is 0 Å². The van der Waals surface area contributed by atoms with Crippen LogP contribution >= 0.6 is 0 Å². The predicted molar refractivity (Wildman–Crippen MR) is 188 cm³/mol. The molecule has 0 aliphatic rings. The maximum Gasteiger partial charge on any atom is -0.00534 e. The standard InChI is InChI=1S/C9H18.C7H14.C7H10.C5H10.4C2H6.CH4/c1-5-7-9(4)8(3)6-2;2*1-4-6-7(3)5-2;1-3-5-4-2;4*1-2;/h6,8-9H,2,5,7H2,1,3-4H3;5H,4,6H2,1-3H3;2,6H,4H2,1,3H3;3,5H,4H2,1-2H3;4*1-2H3;1H4/b;7-5-;7-6-;5-3-;;;;;. The number of hydrogen-bond donors (Lipinski definition) is 0. The summed E-state index contributed by atoms with van der Waals surface area (Å²) in [7, 11) is 0. The third-order valence-corrected chi connectivity index (χ3v) is 4.36. The van der Waals surface area contributed by atoms with Gasteiger partial charge in [0.25, 0.3) is 0 Å². The van der Waals surface area contributed by atoms with E-state index in [0.717, 1.165) is 24.3 Å². The van der Waals surface area contributed by atoms with Gasteiger partial charge in [-0.2, -0.15) is 0 Å². The van der Waals surface area contributed by atoms with Gasteiger partial charge in [-0.05, 0) is 64.4 Å². The summed E-state index contributed by atoms with van der Waals surface area (Å²) in [5.74, 6) is 4.02. The molecule has 0 bridgehead atoms. The fraction of sp³-hybridized carbons (Fsp3) is 0.730. The summed E-state index contributed by atoms with van der Waals surface area (Å²) in [6.45, 7) is 41.1. The molecule has 0 saturated carbocycles. The minimum absolute atomic E-state index is 0. The van der Waals surface area contributed by atoms with Crippen molar-refractivity contribution >= 4 is 0 Å². The van der Waals surface area contributed by atoms with Crippen molar-refractivity contribution < 1.29 is 0 Å². The minimum atomic E-state index is 0. The maximum atomic E-state index is 5.04. The van der Waals surface area contributed by atoms with E-state index in [0.29, 0.717) is 5.92 Å². The van der Waals surface area contributed by atoms with Gasteiger partial charge in [0.2, 0.25) is 0 Å². The van der Waals surface area contributed by atoms with Crippen molar-refractivity contribution in [2.24, 2.45) is 11.8 Å². The molecule has 0 N–H and O–H groups in total. The molecule has 0 radical (unpaired) electrons. The van der Waals surface area contributed by atoms with Gasteiger partial charge in [0.05, 0.1) is 0 Å². The van der Waals surface area contributed by atoms with Crippen LogP contribution in [-0.4, -0.2) is 0 Å². The molecule has 0 aromatic rings. The number of terminal acetylenes is 1. The molecule has 0 aromatic carbocycles. The first-order valence-corrected chi connectivity index (χ1v) is 15.2. The van der Waals surface area contributed by atoms with E-state index in [-0.39, 0.29) is 7.43 Å². The number of rotatable bonds is 8. The summed E-state index contributed by atoms with van der Waals surface area (Å²) < 4.78 is 0. The highest BCUT2D eigenvalue weighted by Gasteiger charge is 2.05. The van der Waals surface area contributed by atoms with E-state index in [2.05, 4.69) is 86.1 Å². The Morgan fingerprint density at radius 3 is 1.38 bits per heavy atom. The van der Waals surface area contributed by atoms with Gasteiger partial charge in [-0.3, -0.25) is 0 Å². The Morgan fingerprint density at radius 2 is 1.24 bits per heavy atom. The van der Waals surface area contributed by atoms with Gasteiger partial charge in [0, 0.05) is 0 Å². The SMILES string of the molecule is C.C#C/C(C)=C\CC.C/C=C(/C)CCC.C/C=C\CC.C=CC(C)C(C)CCC.CC.CC.CC.CC. The van der Waals surface area contributed by atoms with Crippen LogP contribution in [0.5, 0.6) is 0 Å². The summed E-state index contributed by atoms with van der Waals surface area (Å²) in [5.41, 5.74) is 2.53. The zero-order valence-corrected chi connectivity index (χ0v) is 29.1. The third-order valence-electron chi connectivity index (χ3n) is 4.36. The Bertz CT molecular complexity index is 425. The molecular weight excluding hydrogens is 444 g/mol. The van der Waals surface area contributed by atoms with Crippen molar-refractivity contribution in [2.45, 2.75) is 171 Å². The van der Waals surface area contributed by atoms with Crippen molar-refractivity contribution in [1.82, 2.24) is 0 Å². The summed E-state index contributed by atoms with van der Waals surface area (Å²) in [6, 6.07) is 0. The molecule has 0 rings (SSSR count). The first-order valence-electron chi connectivity index (χ1n) is 15.2. The largest absolute Gasteiger partial charge is 0.115 e. The second-order valence-electron chi connectivity index (χ2n) is 7.16. The topological polar surface area (TPSA) is 0 Å². The Morgan fingerprint density at radius 1 is 0.811 bits per heavy atom. The van der Waals surface area contributed by atoms with E-state index in [4.69, 9.17) is 6.42 Å². The first kappa shape index (κ1) is 60.2. The van der Waals surface area contributed by atoms with Gasteiger partial charge in [0.1, 0.15) is 0 Å². The summed E-state index contributed by atoms with van der Waals surface area (Å²) in [6.07, 6.45) is 22.8. The predicted octanol–water partition coefficient (Wildman–Crippen LogP) is 14.7. The quantitative estimate of drug-likeness (QED) is 0.219. The van der Waals surface area contributed by atoms with Crippen molar-refractivity contribution in [3.05, 3.63) is 48.1 Å². The van der Waals surface area contributed by atoms with Crippen molar-refractivity contribution in [3.63, 3.8) is 0 Å². The fourth-order valence-corrected chi connectivity index (χ4v) is 2.09. The van der Waals surface area contributed by atoms with E-state index in [1.807, 2.05) is 81.4 Å². The molecule has 37 heavy (non-hydrogen) atoms. The van der Waals surface area contributed by atoms with Crippen molar-refractivity contribution in [1.29, 1.82) is 0 Å². The van der Waals surface area contributed by atoms with Crippen LogP contribution in [0, 0.1) is 24.2 Å². The van der Waals surface area contributed by atoms with Gasteiger partial charge in [-0.25, -0.2) is 0 Å². The molecule has 0 nitrogen and oxygen atoms in total. The van der Waals surface area contributed by atoms with Crippen molar-refractivity contribution in [3.8, 4) is 12.3 Å². The van der Waals surface area contributed by atoms with Crippen LogP contribution in [0.15, 0.2) is 48.1 Å². The average molecular weight is 525 g/mol. The molecule has 2 unspecified atom stereocenters. The summed E-state index contributed by atoms with van der Waals surface area (Å²) in [4.78, 5) is 0. The Balaban J connectivity index is -0.0000000370. The van der Waals surface area contributed by atoms with Gasteiger partial charge in [-0.1, -0.05) is 165 Å². The molecule has 0 aliphatic heterocycles. The van der Waals surface area contributed by atoms with Crippen LogP contribution in [-0.2, 0) is 0 Å². The zero-order chi connectivity index (χ0) is 30.8. The lowest BCUT2D eigenvalue weighted by Crippen LogP contribution is -2.03. The first-order chi connectivity index (χ1) is 17.2. The molecule has 0 aromatic heterocycles.